The number of hydrogen-bond donors (Lipinski definition) is 4. The highest BCUT2D eigenvalue weighted by Gasteiger charge is 2.36. The number of pyridine rings is 1. The van der Waals surface area contributed by atoms with Gasteiger partial charge in [-0.2, -0.15) is 5.10 Å². The minimum Gasteiger partial charge on any atom is -0.446 e. The third-order valence-electron chi connectivity index (χ3n) is 5.52. The molecule has 4 rings (SSSR count). The van der Waals surface area contributed by atoms with Crippen LogP contribution in [0.15, 0.2) is 18.2 Å². The Morgan fingerprint density at radius 2 is 2.07 bits per heavy atom. The first-order valence-electron chi connectivity index (χ1n) is 10.3. The topological polar surface area (TPSA) is 121 Å². The summed E-state index contributed by atoms with van der Waals surface area (Å²) in [5.41, 5.74) is 1.84. The Morgan fingerprint density at radius 3 is 2.83 bits per heavy atom. The summed E-state index contributed by atoms with van der Waals surface area (Å²) in [5, 5.41) is 16.3. The molecule has 0 aromatic carbocycles. The second kappa shape index (κ2) is 7.62. The highest BCUT2D eigenvalue weighted by molar-refractivity contribution is 5.99. The molecule has 9 nitrogen and oxygen atoms in total. The standard InChI is InChI=1S/C21H28N6O3/c1-11(2)22-20(29)30-13-6-5-12(9-13)15-10-17(27-26-15)23-16-8-7-14-18(24-16)21(3,4)25-19(14)28/h7-8,10-13H,5-6,9H2,1-4H3,(H,22,29)(H,25,28)(H2,23,24,26,27)/t12-,13+/m1/s1. The van der Waals surface area contributed by atoms with Crippen molar-refractivity contribution < 1.29 is 14.3 Å². The van der Waals surface area contributed by atoms with E-state index in [9.17, 15) is 9.59 Å². The molecule has 0 unspecified atom stereocenters. The maximum Gasteiger partial charge on any atom is 0.407 e. The second-order valence-electron chi connectivity index (χ2n) is 8.84. The normalized spacial score (nSPS) is 22.0. The highest BCUT2D eigenvalue weighted by Crippen LogP contribution is 2.36. The molecule has 4 N–H and O–H groups in total. The Bertz CT molecular complexity index is 967. The molecule has 0 spiro atoms. The summed E-state index contributed by atoms with van der Waals surface area (Å²) < 4.78 is 5.50. The Labute approximate surface area is 175 Å². The molecule has 2 aliphatic rings. The van der Waals surface area contributed by atoms with Crippen molar-refractivity contribution in [1.29, 1.82) is 0 Å². The Hall–Kier alpha value is -3.10. The summed E-state index contributed by atoms with van der Waals surface area (Å²) in [4.78, 5) is 28.4. The summed E-state index contributed by atoms with van der Waals surface area (Å²) >= 11 is 0. The molecule has 3 heterocycles. The van der Waals surface area contributed by atoms with E-state index in [-0.39, 0.29) is 30.1 Å². The van der Waals surface area contributed by atoms with Gasteiger partial charge in [-0.15, -0.1) is 0 Å². The Balaban J connectivity index is 1.39. The lowest BCUT2D eigenvalue weighted by Gasteiger charge is -2.18. The average molecular weight is 412 g/mol. The zero-order valence-electron chi connectivity index (χ0n) is 17.7. The van der Waals surface area contributed by atoms with Gasteiger partial charge in [-0.05, 0) is 59.1 Å². The van der Waals surface area contributed by atoms with Gasteiger partial charge in [0.25, 0.3) is 5.91 Å². The number of aromatic amines is 1. The van der Waals surface area contributed by atoms with Gasteiger partial charge in [0.2, 0.25) is 0 Å². The predicted octanol–water partition coefficient (Wildman–Crippen LogP) is 3.30. The van der Waals surface area contributed by atoms with Gasteiger partial charge in [-0.25, -0.2) is 9.78 Å². The quantitative estimate of drug-likeness (QED) is 0.598. The number of amides is 2. The fourth-order valence-corrected chi connectivity index (χ4v) is 4.09. The number of carbonyl (C=O) groups is 2. The number of aromatic nitrogens is 3. The molecule has 0 radical (unpaired) electrons. The second-order valence-corrected chi connectivity index (χ2v) is 8.84. The lowest BCUT2D eigenvalue weighted by atomic mass is 10.0. The Morgan fingerprint density at radius 1 is 1.27 bits per heavy atom. The summed E-state index contributed by atoms with van der Waals surface area (Å²) in [7, 11) is 0. The first-order valence-corrected chi connectivity index (χ1v) is 10.3. The number of alkyl carbamates (subject to hydrolysis) is 1. The molecule has 0 bridgehead atoms. The van der Waals surface area contributed by atoms with Gasteiger partial charge >= 0.3 is 6.09 Å². The van der Waals surface area contributed by atoms with Crippen LogP contribution in [0.25, 0.3) is 0 Å². The average Bonchev–Trinajstić information content (AvgIpc) is 3.34. The summed E-state index contributed by atoms with van der Waals surface area (Å²) in [6.45, 7) is 7.67. The third-order valence-corrected chi connectivity index (χ3v) is 5.52. The lowest BCUT2D eigenvalue weighted by Crippen LogP contribution is -2.33. The first kappa shape index (κ1) is 20.2. The maximum atomic E-state index is 12.0. The monoisotopic (exact) mass is 412 g/mol. The third kappa shape index (κ3) is 4.10. The molecule has 1 saturated carbocycles. The molecule has 2 aromatic rings. The van der Waals surface area contributed by atoms with Crippen molar-refractivity contribution in [1.82, 2.24) is 25.8 Å². The van der Waals surface area contributed by atoms with E-state index in [1.165, 1.54) is 0 Å². The van der Waals surface area contributed by atoms with Gasteiger partial charge in [0.15, 0.2) is 5.82 Å². The van der Waals surface area contributed by atoms with E-state index in [0.717, 1.165) is 30.7 Å². The number of carbonyl (C=O) groups excluding carboxylic acids is 2. The van der Waals surface area contributed by atoms with Crippen molar-refractivity contribution in [2.24, 2.45) is 0 Å². The SMILES string of the molecule is CC(C)NC(=O)O[C@H]1CC[C@@H](c2cc(Nc3ccc4c(n3)C(C)(C)NC4=O)n[nH]2)C1. The Kier molecular flexibility index (Phi) is 5.13. The minimum atomic E-state index is -0.498. The first-order chi connectivity index (χ1) is 14.2. The number of anilines is 2. The minimum absolute atomic E-state index is 0.0586. The number of nitrogens with one attached hydrogen (secondary N) is 4. The molecule has 1 fully saturated rings. The van der Waals surface area contributed by atoms with Crippen LogP contribution in [-0.4, -0.2) is 39.3 Å². The molecule has 2 aromatic heterocycles. The van der Waals surface area contributed by atoms with E-state index in [1.807, 2.05) is 33.8 Å². The van der Waals surface area contributed by atoms with E-state index < -0.39 is 5.54 Å². The van der Waals surface area contributed by atoms with Crippen molar-refractivity contribution in [3.8, 4) is 0 Å². The number of rotatable bonds is 5. The number of ether oxygens (including phenoxy) is 1. The van der Waals surface area contributed by atoms with Crippen LogP contribution in [0.3, 0.4) is 0 Å². The van der Waals surface area contributed by atoms with E-state index >= 15 is 0 Å². The zero-order valence-corrected chi connectivity index (χ0v) is 17.7. The van der Waals surface area contributed by atoms with Gasteiger partial charge in [0.05, 0.1) is 16.8 Å². The zero-order chi connectivity index (χ0) is 21.5. The maximum absolute atomic E-state index is 12.0. The van der Waals surface area contributed by atoms with Crippen molar-refractivity contribution in [3.63, 3.8) is 0 Å². The number of H-pyrrole nitrogens is 1. The van der Waals surface area contributed by atoms with Gasteiger partial charge in [-0.3, -0.25) is 9.89 Å². The van der Waals surface area contributed by atoms with Crippen LogP contribution in [0, 0.1) is 0 Å². The van der Waals surface area contributed by atoms with Gasteiger partial charge in [0, 0.05) is 23.7 Å². The van der Waals surface area contributed by atoms with E-state index in [2.05, 4.69) is 31.1 Å². The summed E-state index contributed by atoms with van der Waals surface area (Å²) in [5.74, 6) is 1.46. The van der Waals surface area contributed by atoms with Crippen molar-refractivity contribution in [3.05, 3.63) is 35.2 Å². The van der Waals surface area contributed by atoms with Crippen LogP contribution in [0.5, 0.6) is 0 Å². The highest BCUT2D eigenvalue weighted by atomic mass is 16.6. The summed E-state index contributed by atoms with van der Waals surface area (Å²) in [6.07, 6.45) is 2.09. The largest absolute Gasteiger partial charge is 0.446 e. The van der Waals surface area contributed by atoms with Crippen LogP contribution < -0.4 is 16.0 Å². The molecule has 2 atom stereocenters. The number of nitrogens with zero attached hydrogens (tertiary/aromatic N) is 2. The molecule has 0 saturated heterocycles. The van der Waals surface area contributed by atoms with Crippen LogP contribution in [0.2, 0.25) is 0 Å². The molecule has 160 valence electrons. The molecule has 30 heavy (non-hydrogen) atoms. The predicted molar refractivity (Wildman–Crippen MR) is 112 cm³/mol. The number of hydrogen-bond acceptors (Lipinski definition) is 6. The van der Waals surface area contributed by atoms with Crippen LogP contribution in [0.4, 0.5) is 16.4 Å². The van der Waals surface area contributed by atoms with Crippen molar-refractivity contribution in [2.45, 2.75) is 70.6 Å². The molecule has 9 heteroatoms. The molecule has 1 aliphatic heterocycles. The van der Waals surface area contributed by atoms with E-state index in [0.29, 0.717) is 17.2 Å². The number of fused-ring (bicyclic) bond motifs is 1. The lowest BCUT2D eigenvalue weighted by molar-refractivity contribution is 0.0938. The van der Waals surface area contributed by atoms with Crippen molar-refractivity contribution in [2.75, 3.05) is 5.32 Å². The molecule has 1 aliphatic carbocycles. The van der Waals surface area contributed by atoms with Gasteiger partial charge in [0.1, 0.15) is 11.9 Å². The fraction of sp³-hybridized carbons (Fsp3) is 0.524. The smallest absolute Gasteiger partial charge is 0.407 e. The molecular weight excluding hydrogens is 384 g/mol. The van der Waals surface area contributed by atoms with Crippen LogP contribution >= 0.6 is 0 Å². The molecule has 2 amide bonds. The van der Waals surface area contributed by atoms with E-state index in [1.54, 1.807) is 12.1 Å². The van der Waals surface area contributed by atoms with Crippen molar-refractivity contribution >= 4 is 23.6 Å². The summed E-state index contributed by atoms with van der Waals surface area (Å²) in [6, 6.07) is 5.58. The van der Waals surface area contributed by atoms with Gasteiger partial charge in [-0.1, -0.05) is 0 Å². The van der Waals surface area contributed by atoms with Crippen LogP contribution in [0.1, 0.15) is 74.6 Å². The van der Waals surface area contributed by atoms with Gasteiger partial charge < -0.3 is 20.7 Å². The fourth-order valence-electron chi connectivity index (χ4n) is 4.09. The van der Waals surface area contributed by atoms with Crippen LogP contribution in [-0.2, 0) is 10.3 Å². The molecular formula is C21H28N6O3. The van der Waals surface area contributed by atoms with E-state index in [4.69, 9.17) is 4.74 Å².